The molecule has 1 aromatic carbocycles. The van der Waals surface area contributed by atoms with E-state index in [0.717, 1.165) is 44.0 Å². The van der Waals surface area contributed by atoms with Gasteiger partial charge in [-0.05, 0) is 18.6 Å². The number of thiazole rings is 1. The van der Waals surface area contributed by atoms with Crippen LogP contribution in [0.4, 0.5) is 10.8 Å². The summed E-state index contributed by atoms with van der Waals surface area (Å²) in [7, 11) is 1.70. The first-order valence-electron chi connectivity index (χ1n) is 8.55. The van der Waals surface area contributed by atoms with Crippen molar-refractivity contribution < 1.29 is 9.53 Å². The number of piperazine rings is 1. The molecule has 134 valence electrons. The average molecular weight is 360 g/mol. The molecule has 1 aliphatic rings. The number of benzene rings is 1. The molecule has 0 spiro atoms. The lowest BCUT2D eigenvalue weighted by atomic mass is 10.1. The van der Waals surface area contributed by atoms with Crippen LogP contribution >= 0.6 is 11.3 Å². The quantitative estimate of drug-likeness (QED) is 0.858. The third kappa shape index (κ3) is 4.11. The maximum absolute atomic E-state index is 12.6. The number of amides is 1. The van der Waals surface area contributed by atoms with Gasteiger partial charge < -0.3 is 15.0 Å². The first-order valence-corrected chi connectivity index (χ1v) is 9.43. The van der Waals surface area contributed by atoms with Crippen LogP contribution in [0.15, 0.2) is 35.8 Å². The van der Waals surface area contributed by atoms with E-state index >= 15 is 0 Å². The lowest BCUT2D eigenvalue weighted by molar-refractivity contribution is -0.121. The van der Waals surface area contributed by atoms with Crippen LogP contribution in [0.3, 0.4) is 0 Å². The Morgan fingerprint density at radius 3 is 2.72 bits per heavy atom. The van der Waals surface area contributed by atoms with E-state index in [0.29, 0.717) is 5.13 Å². The molecule has 1 atom stereocenters. The van der Waals surface area contributed by atoms with Crippen LogP contribution in [-0.2, 0) is 4.79 Å². The minimum Gasteiger partial charge on any atom is -0.495 e. The number of para-hydroxylation sites is 2. The van der Waals surface area contributed by atoms with Crippen LogP contribution in [0, 0.1) is 0 Å². The molecule has 1 fully saturated rings. The molecule has 1 aliphatic heterocycles. The second kappa shape index (κ2) is 8.31. The number of hydrogen-bond acceptors (Lipinski definition) is 6. The van der Waals surface area contributed by atoms with E-state index in [2.05, 4.69) is 33.1 Å². The third-order valence-corrected chi connectivity index (χ3v) is 5.22. The van der Waals surface area contributed by atoms with Crippen LogP contribution in [0.5, 0.6) is 5.75 Å². The standard InChI is InChI=1S/C18H24N4O2S/c1-3-14(17(23)20-18-19-8-13-25-18)21-9-11-22(12-10-21)15-6-4-5-7-16(15)24-2/h4-8,13-14H,3,9-12H2,1-2H3,(H,19,20,23). The summed E-state index contributed by atoms with van der Waals surface area (Å²) in [5.74, 6) is 0.924. The van der Waals surface area contributed by atoms with Gasteiger partial charge in [0.25, 0.3) is 0 Å². The maximum atomic E-state index is 12.6. The Kier molecular flexibility index (Phi) is 5.88. The highest BCUT2D eigenvalue weighted by atomic mass is 32.1. The maximum Gasteiger partial charge on any atom is 0.243 e. The van der Waals surface area contributed by atoms with E-state index in [1.165, 1.54) is 11.3 Å². The van der Waals surface area contributed by atoms with Crippen molar-refractivity contribution in [2.75, 3.05) is 43.5 Å². The van der Waals surface area contributed by atoms with Gasteiger partial charge in [-0.3, -0.25) is 9.69 Å². The summed E-state index contributed by atoms with van der Waals surface area (Å²) in [6, 6.07) is 7.96. The molecule has 3 rings (SSSR count). The first-order chi connectivity index (χ1) is 12.2. The largest absolute Gasteiger partial charge is 0.495 e. The number of rotatable bonds is 6. The van der Waals surface area contributed by atoms with Crippen LogP contribution < -0.4 is 15.0 Å². The predicted molar refractivity (Wildman–Crippen MR) is 102 cm³/mol. The van der Waals surface area contributed by atoms with E-state index in [9.17, 15) is 4.79 Å². The lowest BCUT2D eigenvalue weighted by Gasteiger charge is -2.39. The number of nitrogens with one attached hydrogen (secondary N) is 1. The zero-order valence-corrected chi connectivity index (χ0v) is 15.5. The number of ether oxygens (including phenoxy) is 1. The Labute approximate surface area is 152 Å². The summed E-state index contributed by atoms with van der Waals surface area (Å²) in [5, 5.41) is 5.45. The molecular weight excluding hydrogens is 336 g/mol. The van der Waals surface area contributed by atoms with Crippen molar-refractivity contribution in [1.82, 2.24) is 9.88 Å². The van der Waals surface area contributed by atoms with E-state index in [1.807, 2.05) is 23.6 Å². The highest BCUT2D eigenvalue weighted by Crippen LogP contribution is 2.28. The zero-order chi connectivity index (χ0) is 17.6. The molecule has 2 heterocycles. The molecule has 0 saturated carbocycles. The average Bonchev–Trinajstić information content (AvgIpc) is 3.16. The van der Waals surface area contributed by atoms with Crippen molar-refractivity contribution in [3.8, 4) is 5.75 Å². The highest BCUT2D eigenvalue weighted by molar-refractivity contribution is 7.13. The van der Waals surface area contributed by atoms with Gasteiger partial charge in [0, 0.05) is 37.8 Å². The second-order valence-corrected chi connectivity index (χ2v) is 6.84. The summed E-state index contributed by atoms with van der Waals surface area (Å²) in [6.45, 7) is 5.51. The molecule has 25 heavy (non-hydrogen) atoms. The number of methoxy groups -OCH3 is 1. The van der Waals surface area contributed by atoms with Gasteiger partial charge in [-0.1, -0.05) is 19.1 Å². The number of carbonyl (C=O) groups excluding carboxylic acids is 1. The van der Waals surface area contributed by atoms with Gasteiger partial charge in [0.15, 0.2) is 5.13 Å². The Hall–Kier alpha value is -2.12. The summed E-state index contributed by atoms with van der Waals surface area (Å²) in [6.07, 6.45) is 2.49. The number of carbonyl (C=O) groups is 1. The molecule has 0 bridgehead atoms. The predicted octanol–water partition coefficient (Wildman–Crippen LogP) is 2.69. The van der Waals surface area contributed by atoms with E-state index in [4.69, 9.17) is 4.74 Å². The first kappa shape index (κ1) is 17.7. The second-order valence-electron chi connectivity index (χ2n) is 5.95. The van der Waals surface area contributed by atoms with Gasteiger partial charge in [-0.2, -0.15) is 0 Å². The summed E-state index contributed by atoms with van der Waals surface area (Å²) < 4.78 is 5.47. The van der Waals surface area contributed by atoms with E-state index in [-0.39, 0.29) is 11.9 Å². The fraction of sp³-hybridized carbons (Fsp3) is 0.444. The molecule has 1 amide bonds. The van der Waals surface area contributed by atoms with Gasteiger partial charge in [0.1, 0.15) is 5.75 Å². The molecule has 7 heteroatoms. The van der Waals surface area contributed by atoms with Crippen molar-refractivity contribution in [2.24, 2.45) is 0 Å². The number of nitrogens with zero attached hydrogens (tertiary/aromatic N) is 3. The fourth-order valence-electron chi connectivity index (χ4n) is 3.25. The van der Waals surface area contributed by atoms with Crippen molar-refractivity contribution >= 4 is 28.1 Å². The van der Waals surface area contributed by atoms with E-state index < -0.39 is 0 Å². The zero-order valence-electron chi connectivity index (χ0n) is 14.6. The molecule has 1 aromatic heterocycles. The third-order valence-electron chi connectivity index (χ3n) is 4.53. The van der Waals surface area contributed by atoms with Crippen LogP contribution in [0.25, 0.3) is 0 Å². The monoisotopic (exact) mass is 360 g/mol. The minimum atomic E-state index is -0.122. The van der Waals surface area contributed by atoms with Gasteiger partial charge in [0.2, 0.25) is 5.91 Å². The Morgan fingerprint density at radius 1 is 1.32 bits per heavy atom. The molecule has 1 unspecified atom stereocenters. The SMILES string of the molecule is CCC(C(=O)Nc1nccs1)N1CCN(c2ccccc2OC)CC1. The van der Waals surface area contributed by atoms with Gasteiger partial charge in [-0.15, -0.1) is 11.3 Å². The molecule has 6 nitrogen and oxygen atoms in total. The minimum absolute atomic E-state index is 0.0307. The number of hydrogen-bond donors (Lipinski definition) is 1. The molecule has 1 N–H and O–H groups in total. The van der Waals surface area contributed by atoms with Gasteiger partial charge in [-0.25, -0.2) is 4.98 Å². The molecule has 1 saturated heterocycles. The summed E-state index contributed by atoms with van der Waals surface area (Å²) >= 11 is 1.44. The number of aromatic nitrogens is 1. The molecular formula is C18H24N4O2S. The van der Waals surface area contributed by atoms with E-state index in [1.54, 1.807) is 13.3 Å². The van der Waals surface area contributed by atoms with Gasteiger partial charge in [0.05, 0.1) is 18.8 Å². The normalized spacial score (nSPS) is 16.5. The van der Waals surface area contributed by atoms with Gasteiger partial charge >= 0.3 is 0 Å². The molecule has 0 radical (unpaired) electrons. The fourth-order valence-corrected chi connectivity index (χ4v) is 3.78. The van der Waals surface area contributed by atoms with Crippen molar-refractivity contribution in [1.29, 1.82) is 0 Å². The highest BCUT2D eigenvalue weighted by Gasteiger charge is 2.28. The number of anilines is 2. The summed E-state index contributed by atoms with van der Waals surface area (Å²) in [4.78, 5) is 21.3. The van der Waals surface area contributed by atoms with Crippen molar-refractivity contribution in [3.05, 3.63) is 35.8 Å². The van der Waals surface area contributed by atoms with Crippen LogP contribution in [0.1, 0.15) is 13.3 Å². The Balaban J connectivity index is 1.61. The van der Waals surface area contributed by atoms with Crippen molar-refractivity contribution in [2.45, 2.75) is 19.4 Å². The van der Waals surface area contributed by atoms with Crippen LogP contribution in [0.2, 0.25) is 0 Å². The lowest BCUT2D eigenvalue weighted by Crippen LogP contribution is -2.53. The Morgan fingerprint density at radius 2 is 2.08 bits per heavy atom. The smallest absolute Gasteiger partial charge is 0.243 e. The van der Waals surface area contributed by atoms with Crippen molar-refractivity contribution in [3.63, 3.8) is 0 Å². The molecule has 0 aliphatic carbocycles. The van der Waals surface area contributed by atoms with Crippen LogP contribution in [-0.4, -0.2) is 55.1 Å². The Bertz CT molecular complexity index is 684. The molecule has 2 aromatic rings. The topological polar surface area (TPSA) is 57.7 Å². The summed E-state index contributed by atoms with van der Waals surface area (Å²) in [5.41, 5.74) is 1.12.